The Morgan fingerprint density at radius 2 is 2.00 bits per heavy atom. The fraction of sp³-hybridized carbons (Fsp3) is 0.562. The molecule has 1 atom stereocenters. The third kappa shape index (κ3) is 5.21. The average molecular weight is 279 g/mol. The second-order valence-electron chi connectivity index (χ2n) is 5.30. The van der Waals surface area contributed by atoms with Crippen LogP contribution in [0.4, 0.5) is 0 Å². The Labute approximate surface area is 121 Å². The average Bonchev–Trinajstić information content (AvgIpc) is 2.38. The van der Waals surface area contributed by atoms with E-state index in [9.17, 15) is 4.79 Å². The fourth-order valence-electron chi connectivity index (χ4n) is 2.06. The van der Waals surface area contributed by atoms with Crippen molar-refractivity contribution in [2.45, 2.75) is 46.2 Å². The van der Waals surface area contributed by atoms with E-state index < -0.39 is 0 Å². The number of nitrogens with one attached hydrogen (secondary N) is 1. The van der Waals surface area contributed by atoms with Gasteiger partial charge in [-0.05, 0) is 25.5 Å². The van der Waals surface area contributed by atoms with Gasteiger partial charge in [0.25, 0.3) is 0 Å². The summed E-state index contributed by atoms with van der Waals surface area (Å²) in [6, 6.07) is 5.96. The summed E-state index contributed by atoms with van der Waals surface area (Å²) in [5.74, 6) is 0.617. The van der Waals surface area contributed by atoms with Crippen LogP contribution in [0.3, 0.4) is 0 Å². The topological polar surface area (TPSA) is 47.6 Å². The second-order valence-corrected chi connectivity index (χ2v) is 5.30. The summed E-state index contributed by atoms with van der Waals surface area (Å²) >= 11 is 0. The van der Waals surface area contributed by atoms with Crippen LogP contribution in [-0.4, -0.2) is 31.8 Å². The summed E-state index contributed by atoms with van der Waals surface area (Å²) < 4.78 is 10.5. The van der Waals surface area contributed by atoms with Crippen LogP contribution in [0, 0.1) is 13.8 Å². The van der Waals surface area contributed by atoms with Gasteiger partial charge < -0.3 is 14.8 Å². The zero-order chi connectivity index (χ0) is 15.1. The molecule has 1 unspecified atom stereocenters. The van der Waals surface area contributed by atoms with Crippen molar-refractivity contribution in [3.63, 3.8) is 0 Å². The molecule has 0 fully saturated rings. The SMILES string of the molecule is COC(=O)C(CCOc1ccc(C)cc1C)NC(C)C. The maximum absolute atomic E-state index is 11.7. The highest BCUT2D eigenvalue weighted by atomic mass is 16.5. The lowest BCUT2D eigenvalue weighted by Gasteiger charge is -2.19. The first-order chi connectivity index (χ1) is 9.43. The Hall–Kier alpha value is -1.55. The molecule has 0 aliphatic rings. The molecule has 0 radical (unpaired) electrons. The zero-order valence-electron chi connectivity index (χ0n) is 13.0. The molecule has 1 aromatic carbocycles. The van der Waals surface area contributed by atoms with Crippen molar-refractivity contribution in [1.29, 1.82) is 0 Å². The highest BCUT2D eigenvalue weighted by molar-refractivity contribution is 5.75. The molecule has 112 valence electrons. The molecule has 0 aliphatic carbocycles. The number of rotatable bonds is 7. The van der Waals surface area contributed by atoms with Gasteiger partial charge in [-0.1, -0.05) is 31.5 Å². The maximum Gasteiger partial charge on any atom is 0.322 e. The minimum atomic E-state index is -0.328. The van der Waals surface area contributed by atoms with Gasteiger partial charge >= 0.3 is 5.97 Å². The Morgan fingerprint density at radius 3 is 2.55 bits per heavy atom. The fourth-order valence-corrected chi connectivity index (χ4v) is 2.06. The van der Waals surface area contributed by atoms with Crippen LogP contribution in [-0.2, 0) is 9.53 Å². The van der Waals surface area contributed by atoms with E-state index in [4.69, 9.17) is 9.47 Å². The highest BCUT2D eigenvalue weighted by Gasteiger charge is 2.19. The molecule has 0 saturated heterocycles. The number of benzene rings is 1. The van der Waals surface area contributed by atoms with Crippen molar-refractivity contribution >= 4 is 5.97 Å². The predicted molar refractivity (Wildman–Crippen MR) is 80.1 cm³/mol. The van der Waals surface area contributed by atoms with Gasteiger partial charge in [-0.25, -0.2) is 0 Å². The molecule has 0 heterocycles. The maximum atomic E-state index is 11.7. The first-order valence-corrected chi connectivity index (χ1v) is 6.98. The molecule has 0 saturated carbocycles. The predicted octanol–water partition coefficient (Wildman–Crippen LogP) is 2.61. The van der Waals surface area contributed by atoms with E-state index in [1.54, 1.807) is 0 Å². The summed E-state index contributed by atoms with van der Waals surface area (Å²) in [6.07, 6.45) is 0.582. The summed E-state index contributed by atoms with van der Waals surface area (Å²) in [7, 11) is 1.41. The van der Waals surface area contributed by atoms with E-state index in [1.165, 1.54) is 12.7 Å². The molecule has 0 aliphatic heterocycles. The Morgan fingerprint density at radius 1 is 1.30 bits per heavy atom. The smallest absolute Gasteiger partial charge is 0.322 e. The number of hydrogen-bond donors (Lipinski definition) is 1. The molecule has 0 aromatic heterocycles. The molecular formula is C16H25NO3. The number of carbonyl (C=O) groups is 1. The summed E-state index contributed by atoms with van der Waals surface area (Å²) in [6.45, 7) is 8.55. The first-order valence-electron chi connectivity index (χ1n) is 6.98. The molecule has 20 heavy (non-hydrogen) atoms. The molecule has 0 spiro atoms. The van der Waals surface area contributed by atoms with Crippen LogP contribution < -0.4 is 10.1 Å². The molecule has 4 nitrogen and oxygen atoms in total. The van der Waals surface area contributed by atoms with Crippen LogP contribution in [0.1, 0.15) is 31.4 Å². The van der Waals surface area contributed by atoms with Crippen molar-refractivity contribution in [1.82, 2.24) is 5.32 Å². The molecule has 1 N–H and O–H groups in total. The lowest BCUT2D eigenvalue weighted by atomic mass is 10.1. The van der Waals surface area contributed by atoms with Crippen molar-refractivity contribution in [2.75, 3.05) is 13.7 Å². The lowest BCUT2D eigenvalue weighted by Crippen LogP contribution is -2.42. The lowest BCUT2D eigenvalue weighted by molar-refractivity contribution is -0.143. The molecule has 0 amide bonds. The van der Waals surface area contributed by atoms with E-state index in [0.717, 1.165) is 11.3 Å². The van der Waals surface area contributed by atoms with E-state index in [-0.39, 0.29) is 18.1 Å². The third-order valence-electron chi connectivity index (χ3n) is 3.01. The van der Waals surface area contributed by atoms with Crippen molar-refractivity contribution in [2.24, 2.45) is 0 Å². The summed E-state index contributed by atoms with van der Waals surface area (Å²) in [5, 5.41) is 3.19. The van der Waals surface area contributed by atoms with Crippen LogP contribution in [0.5, 0.6) is 5.75 Å². The number of esters is 1. The summed E-state index contributed by atoms with van der Waals surface area (Å²) in [5.41, 5.74) is 2.32. The molecule has 1 rings (SSSR count). The van der Waals surface area contributed by atoms with Gasteiger partial charge in [0.15, 0.2) is 0 Å². The van der Waals surface area contributed by atoms with Crippen LogP contribution in [0.15, 0.2) is 18.2 Å². The molecular weight excluding hydrogens is 254 g/mol. The van der Waals surface area contributed by atoms with E-state index >= 15 is 0 Å². The number of hydrogen-bond acceptors (Lipinski definition) is 4. The van der Waals surface area contributed by atoms with Gasteiger partial charge in [0.2, 0.25) is 0 Å². The summed E-state index contributed by atoms with van der Waals surface area (Å²) in [4.78, 5) is 11.7. The van der Waals surface area contributed by atoms with Gasteiger partial charge in [-0.3, -0.25) is 4.79 Å². The number of aryl methyl sites for hydroxylation is 2. The number of methoxy groups -OCH3 is 1. The van der Waals surface area contributed by atoms with Crippen LogP contribution >= 0.6 is 0 Å². The second kappa shape index (κ2) is 7.90. The van der Waals surface area contributed by atoms with Crippen molar-refractivity contribution in [3.05, 3.63) is 29.3 Å². The van der Waals surface area contributed by atoms with E-state index in [0.29, 0.717) is 13.0 Å². The van der Waals surface area contributed by atoms with Crippen LogP contribution in [0.2, 0.25) is 0 Å². The van der Waals surface area contributed by atoms with Gasteiger partial charge in [0.1, 0.15) is 11.8 Å². The highest BCUT2D eigenvalue weighted by Crippen LogP contribution is 2.19. The Balaban J connectivity index is 2.53. The van der Waals surface area contributed by atoms with Crippen molar-refractivity contribution in [3.8, 4) is 5.75 Å². The third-order valence-corrected chi connectivity index (χ3v) is 3.01. The first kappa shape index (κ1) is 16.5. The zero-order valence-corrected chi connectivity index (χ0v) is 13.0. The minimum Gasteiger partial charge on any atom is -0.493 e. The van der Waals surface area contributed by atoms with Gasteiger partial charge in [0.05, 0.1) is 13.7 Å². The monoisotopic (exact) mass is 279 g/mol. The Kier molecular flexibility index (Phi) is 6.52. The van der Waals surface area contributed by atoms with Gasteiger partial charge in [-0.15, -0.1) is 0 Å². The van der Waals surface area contributed by atoms with E-state index in [1.807, 2.05) is 32.9 Å². The van der Waals surface area contributed by atoms with Gasteiger partial charge in [-0.2, -0.15) is 0 Å². The Bertz CT molecular complexity index is 443. The largest absolute Gasteiger partial charge is 0.493 e. The van der Waals surface area contributed by atoms with Gasteiger partial charge in [0, 0.05) is 12.5 Å². The molecule has 1 aromatic rings. The van der Waals surface area contributed by atoms with Crippen LogP contribution in [0.25, 0.3) is 0 Å². The standard InChI is InChI=1S/C16H25NO3/c1-11(2)17-14(16(18)19-5)8-9-20-15-7-6-12(3)10-13(15)4/h6-7,10-11,14,17H,8-9H2,1-5H3. The minimum absolute atomic E-state index is 0.222. The normalized spacial score (nSPS) is 12.3. The molecule has 0 bridgehead atoms. The van der Waals surface area contributed by atoms with Crippen molar-refractivity contribution < 1.29 is 14.3 Å². The van der Waals surface area contributed by atoms with E-state index in [2.05, 4.69) is 18.3 Å². The number of ether oxygens (including phenoxy) is 2. The molecule has 4 heteroatoms. The quantitative estimate of drug-likeness (QED) is 0.779. The number of carbonyl (C=O) groups excluding carboxylic acids is 1.